The van der Waals surface area contributed by atoms with E-state index in [4.69, 9.17) is 21.4 Å². The number of rotatable bonds is 8. The van der Waals surface area contributed by atoms with Crippen LogP contribution < -0.4 is 0 Å². The Balaban J connectivity index is 2.91. The van der Waals surface area contributed by atoms with Crippen molar-refractivity contribution in [3.63, 3.8) is 0 Å². The van der Waals surface area contributed by atoms with E-state index in [0.717, 1.165) is 12.0 Å². The average Bonchev–Trinajstić information content (AvgIpc) is 2.46. The van der Waals surface area contributed by atoms with Gasteiger partial charge in [0.1, 0.15) is 0 Å². The number of aliphatic hydroxyl groups excluding tert-OH is 1. The molecule has 0 aromatic heterocycles. The molecule has 0 fully saturated rings. The third-order valence-electron chi connectivity index (χ3n) is 3.90. The predicted octanol–water partition coefficient (Wildman–Crippen LogP) is 3.74. The summed E-state index contributed by atoms with van der Waals surface area (Å²) in [6.07, 6.45) is 7.00. The summed E-state index contributed by atoms with van der Waals surface area (Å²) >= 11 is 6.31. The van der Waals surface area contributed by atoms with Gasteiger partial charge in [-0.15, -0.1) is 0 Å². The van der Waals surface area contributed by atoms with Crippen molar-refractivity contribution in [1.29, 1.82) is 0 Å². The summed E-state index contributed by atoms with van der Waals surface area (Å²) in [6, 6.07) is 0. The predicted molar refractivity (Wildman–Crippen MR) is 82.5 cm³/mol. The molecular weight excluding hydrogens is 276 g/mol. The van der Waals surface area contributed by atoms with Crippen molar-refractivity contribution >= 4 is 11.6 Å². The molecule has 20 heavy (non-hydrogen) atoms. The highest BCUT2D eigenvalue weighted by atomic mass is 35.5. The Hall–Kier alpha value is -0.350. The zero-order valence-corrected chi connectivity index (χ0v) is 13.5. The van der Waals surface area contributed by atoms with Crippen molar-refractivity contribution in [2.75, 3.05) is 6.61 Å². The topological polar surface area (TPSA) is 49.7 Å². The maximum absolute atomic E-state index is 10.4. The molecule has 0 saturated heterocycles. The van der Waals surface area contributed by atoms with Crippen molar-refractivity contribution < 1.29 is 14.9 Å². The smallest absolute Gasteiger partial charge is 0.165 e. The van der Waals surface area contributed by atoms with Crippen LogP contribution in [0.15, 0.2) is 22.8 Å². The first-order valence-corrected chi connectivity index (χ1v) is 7.91. The molecule has 1 rings (SSSR count). The molecule has 2 atom stereocenters. The zero-order valence-electron chi connectivity index (χ0n) is 12.7. The molecule has 0 spiro atoms. The molecule has 2 N–H and O–H groups in total. The Kier molecular flexibility index (Phi) is 7.24. The molecule has 0 saturated carbocycles. The highest BCUT2D eigenvalue weighted by Gasteiger charge is 2.31. The highest BCUT2D eigenvalue weighted by Crippen LogP contribution is 2.34. The summed E-state index contributed by atoms with van der Waals surface area (Å²) in [4.78, 5) is 0. The van der Waals surface area contributed by atoms with Crippen LogP contribution in [0.25, 0.3) is 0 Å². The van der Waals surface area contributed by atoms with Gasteiger partial charge in [0.2, 0.25) is 0 Å². The average molecular weight is 303 g/mol. The molecule has 116 valence electrons. The van der Waals surface area contributed by atoms with Crippen molar-refractivity contribution in [3.05, 3.63) is 22.8 Å². The molecule has 0 bridgehead atoms. The Morgan fingerprint density at radius 3 is 2.65 bits per heavy atom. The van der Waals surface area contributed by atoms with Crippen molar-refractivity contribution in [1.82, 2.24) is 0 Å². The Labute approximate surface area is 127 Å². The molecule has 3 nitrogen and oxygen atoms in total. The van der Waals surface area contributed by atoms with Gasteiger partial charge in [0.05, 0.1) is 6.10 Å². The number of halogens is 1. The van der Waals surface area contributed by atoms with E-state index < -0.39 is 5.79 Å². The van der Waals surface area contributed by atoms with Gasteiger partial charge < -0.3 is 14.9 Å². The number of ether oxygens (including phenoxy) is 1. The molecule has 0 heterocycles. The third kappa shape index (κ3) is 4.88. The molecule has 1 aliphatic rings. The lowest BCUT2D eigenvalue weighted by molar-refractivity contribution is -0.227. The lowest BCUT2D eigenvalue weighted by Crippen LogP contribution is -2.37. The van der Waals surface area contributed by atoms with Crippen molar-refractivity contribution in [3.8, 4) is 0 Å². The van der Waals surface area contributed by atoms with E-state index in [1.54, 1.807) is 0 Å². The van der Waals surface area contributed by atoms with Gasteiger partial charge in [0.15, 0.2) is 5.79 Å². The minimum Gasteiger partial charge on any atom is -0.396 e. The summed E-state index contributed by atoms with van der Waals surface area (Å²) in [5, 5.41) is 20.2. The number of hydrogen-bond acceptors (Lipinski definition) is 3. The largest absolute Gasteiger partial charge is 0.396 e. The van der Waals surface area contributed by atoms with Crippen LogP contribution >= 0.6 is 11.6 Å². The lowest BCUT2D eigenvalue weighted by atomic mass is 9.90. The van der Waals surface area contributed by atoms with E-state index in [2.05, 4.69) is 13.0 Å². The minimum absolute atomic E-state index is 0.118. The second-order valence-electron chi connectivity index (χ2n) is 5.54. The molecular formula is C16H27ClO3. The molecule has 0 aromatic rings. The molecule has 0 amide bonds. The van der Waals surface area contributed by atoms with E-state index in [9.17, 15) is 5.11 Å². The van der Waals surface area contributed by atoms with Crippen molar-refractivity contribution in [2.45, 2.75) is 64.8 Å². The maximum Gasteiger partial charge on any atom is 0.165 e. The normalized spacial score (nSPS) is 21.4. The highest BCUT2D eigenvalue weighted by molar-refractivity contribution is 6.31. The second-order valence-corrected chi connectivity index (χ2v) is 5.95. The van der Waals surface area contributed by atoms with Crippen LogP contribution in [0.1, 0.15) is 52.9 Å². The monoisotopic (exact) mass is 302 g/mol. The van der Waals surface area contributed by atoms with Gasteiger partial charge in [-0.05, 0) is 49.7 Å². The summed E-state index contributed by atoms with van der Waals surface area (Å²) in [6.45, 7) is 6.07. The first-order chi connectivity index (χ1) is 9.45. The third-order valence-corrected chi connectivity index (χ3v) is 4.27. The standard InChI is InChI=1S/C16H27ClO3/c1-4-16(19,5-2)20-15(7-6-10-18)13-11-12(3)8-9-14(13)17/h8-9,12,15,18-19H,4-7,10-11H2,1-3H3. The first kappa shape index (κ1) is 17.7. The molecule has 4 heteroatoms. The zero-order chi connectivity index (χ0) is 15.2. The molecule has 0 radical (unpaired) electrons. The fraction of sp³-hybridized carbons (Fsp3) is 0.750. The molecule has 1 aliphatic carbocycles. The van der Waals surface area contributed by atoms with E-state index in [1.165, 1.54) is 0 Å². The van der Waals surface area contributed by atoms with Crippen LogP contribution in [0.2, 0.25) is 0 Å². The Morgan fingerprint density at radius 1 is 1.45 bits per heavy atom. The summed E-state index contributed by atoms with van der Waals surface area (Å²) < 4.78 is 5.96. The van der Waals surface area contributed by atoms with Gasteiger partial charge in [0.25, 0.3) is 0 Å². The van der Waals surface area contributed by atoms with E-state index in [1.807, 2.05) is 19.9 Å². The fourth-order valence-electron chi connectivity index (χ4n) is 2.42. The molecule has 0 aromatic carbocycles. The number of allylic oxidation sites excluding steroid dienone is 3. The lowest BCUT2D eigenvalue weighted by Gasteiger charge is -2.34. The van der Waals surface area contributed by atoms with Crippen LogP contribution in [0.3, 0.4) is 0 Å². The quantitative estimate of drug-likeness (QED) is 0.672. The SMILES string of the molecule is CCC(O)(CC)OC(CCCO)C1=C(Cl)C=CC(C)C1. The second kappa shape index (κ2) is 8.18. The van der Waals surface area contributed by atoms with E-state index in [-0.39, 0.29) is 12.7 Å². The fourth-order valence-corrected chi connectivity index (χ4v) is 2.69. The molecule has 2 unspecified atom stereocenters. The van der Waals surface area contributed by atoms with Crippen LogP contribution in [-0.4, -0.2) is 28.7 Å². The van der Waals surface area contributed by atoms with Crippen LogP contribution in [-0.2, 0) is 4.74 Å². The summed E-state index contributed by atoms with van der Waals surface area (Å²) in [5.41, 5.74) is 1.04. The Bertz CT molecular complexity index is 359. The van der Waals surface area contributed by atoms with Gasteiger partial charge in [-0.1, -0.05) is 38.4 Å². The van der Waals surface area contributed by atoms with Gasteiger partial charge >= 0.3 is 0 Å². The van der Waals surface area contributed by atoms with Crippen molar-refractivity contribution in [2.24, 2.45) is 5.92 Å². The van der Waals surface area contributed by atoms with Crippen LogP contribution in [0.5, 0.6) is 0 Å². The number of aliphatic hydroxyl groups is 2. The van der Waals surface area contributed by atoms with Gasteiger partial charge in [-0.25, -0.2) is 0 Å². The van der Waals surface area contributed by atoms with Gasteiger partial charge in [-0.2, -0.15) is 0 Å². The summed E-state index contributed by atoms with van der Waals surface area (Å²) in [5.74, 6) is -0.696. The number of hydrogen-bond donors (Lipinski definition) is 2. The van der Waals surface area contributed by atoms with E-state index in [0.29, 0.717) is 36.6 Å². The Morgan fingerprint density at radius 2 is 2.10 bits per heavy atom. The van der Waals surface area contributed by atoms with Gasteiger partial charge in [-0.3, -0.25) is 0 Å². The molecule has 0 aliphatic heterocycles. The van der Waals surface area contributed by atoms with E-state index >= 15 is 0 Å². The van der Waals surface area contributed by atoms with Crippen LogP contribution in [0.4, 0.5) is 0 Å². The maximum atomic E-state index is 10.4. The minimum atomic E-state index is -1.12. The van der Waals surface area contributed by atoms with Gasteiger partial charge in [0, 0.05) is 11.6 Å². The van der Waals surface area contributed by atoms with Crippen LogP contribution in [0, 0.1) is 5.92 Å². The summed E-state index contributed by atoms with van der Waals surface area (Å²) in [7, 11) is 0. The first-order valence-electron chi connectivity index (χ1n) is 7.53.